The number of pyridine rings is 1. The van der Waals surface area contributed by atoms with E-state index in [0.717, 1.165) is 15.9 Å². The van der Waals surface area contributed by atoms with Crippen LogP contribution >= 0.6 is 15.9 Å². The predicted octanol–water partition coefficient (Wildman–Crippen LogP) is 1.98. The second-order valence-electron chi connectivity index (χ2n) is 3.34. The molecule has 0 fully saturated rings. The van der Waals surface area contributed by atoms with E-state index in [0.29, 0.717) is 12.4 Å². The predicted molar refractivity (Wildman–Crippen MR) is 62.4 cm³/mol. The van der Waals surface area contributed by atoms with Crippen molar-refractivity contribution in [3.63, 3.8) is 0 Å². The third kappa shape index (κ3) is 2.36. The van der Waals surface area contributed by atoms with Crippen molar-refractivity contribution in [3.8, 4) is 0 Å². The van der Waals surface area contributed by atoms with Crippen LogP contribution < -0.4 is 5.73 Å². The van der Waals surface area contributed by atoms with E-state index in [2.05, 4.69) is 26.0 Å². The van der Waals surface area contributed by atoms with Gasteiger partial charge in [0.15, 0.2) is 0 Å². The lowest BCUT2D eigenvalue weighted by Crippen LogP contribution is -2.05. The number of rotatable bonds is 2. The molecule has 5 heteroatoms. The number of hydrogen-bond donors (Lipinski definition) is 1. The Balaban J connectivity index is 2.21. The van der Waals surface area contributed by atoms with Gasteiger partial charge in [0, 0.05) is 22.4 Å². The average Bonchev–Trinajstić information content (AvgIpc) is 2.49. The van der Waals surface area contributed by atoms with Crippen LogP contribution in [0, 0.1) is 6.92 Å². The lowest BCUT2D eigenvalue weighted by Gasteiger charge is -2.03. The monoisotopic (exact) mass is 266 g/mol. The van der Waals surface area contributed by atoms with Crippen molar-refractivity contribution >= 4 is 21.7 Å². The molecule has 0 aliphatic heterocycles. The zero-order chi connectivity index (χ0) is 10.8. The Morgan fingerprint density at radius 2 is 2.27 bits per heavy atom. The molecule has 2 aromatic rings. The first-order valence-electron chi connectivity index (χ1n) is 4.55. The van der Waals surface area contributed by atoms with Crippen molar-refractivity contribution < 1.29 is 0 Å². The fourth-order valence-corrected chi connectivity index (χ4v) is 1.58. The number of nitrogens with two attached hydrogens (primary N) is 1. The third-order valence-electron chi connectivity index (χ3n) is 2.10. The first-order valence-corrected chi connectivity index (χ1v) is 5.35. The van der Waals surface area contributed by atoms with E-state index >= 15 is 0 Å². The van der Waals surface area contributed by atoms with Crippen LogP contribution in [0.5, 0.6) is 0 Å². The summed E-state index contributed by atoms with van der Waals surface area (Å²) in [6.07, 6.45) is 1.78. The van der Waals surface area contributed by atoms with Crippen LogP contribution in [0.4, 0.5) is 5.82 Å². The molecule has 4 nitrogen and oxygen atoms in total. The van der Waals surface area contributed by atoms with Gasteiger partial charge in [0.2, 0.25) is 0 Å². The van der Waals surface area contributed by atoms with Crippen LogP contribution in [-0.4, -0.2) is 14.8 Å². The minimum Gasteiger partial charge on any atom is -0.382 e. The molecule has 0 bridgehead atoms. The Morgan fingerprint density at radius 3 is 2.80 bits per heavy atom. The summed E-state index contributed by atoms with van der Waals surface area (Å²) in [5, 5.41) is 4.17. The number of anilines is 1. The molecule has 0 aromatic carbocycles. The minimum absolute atomic E-state index is 0.546. The number of hydrogen-bond acceptors (Lipinski definition) is 3. The molecule has 2 heterocycles. The van der Waals surface area contributed by atoms with Gasteiger partial charge in [0.05, 0.1) is 12.2 Å². The van der Waals surface area contributed by atoms with Gasteiger partial charge in [-0.3, -0.25) is 9.67 Å². The van der Waals surface area contributed by atoms with Crippen LogP contribution in [0.15, 0.2) is 28.9 Å². The number of halogens is 1. The maximum atomic E-state index is 5.60. The fraction of sp³-hybridized carbons (Fsp3) is 0.200. The highest BCUT2D eigenvalue weighted by Gasteiger charge is 2.02. The molecule has 2 rings (SSSR count). The molecule has 0 atom stereocenters. The minimum atomic E-state index is 0.546. The van der Waals surface area contributed by atoms with Gasteiger partial charge < -0.3 is 5.73 Å². The van der Waals surface area contributed by atoms with Crippen LogP contribution in [-0.2, 0) is 6.54 Å². The Labute approximate surface area is 96.3 Å². The highest BCUT2D eigenvalue weighted by atomic mass is 79.9. The largest absolute Gasteiger partial charge is 0.382 e. The standard InChI is InChI=1S/C10H11BrN4/c1-7-4-10(12)14-15(7)6-9-3-2-8(11)5-13-9/h2-5H,6H2,1H3,(H2,12,14). The van der Waals surface area contributed by atoms with Crippen molar-refractivity contribution in [2.45, 2.75) is 13.5 Å². The summed E-state index contributed by atoms with van der Waals surface area (Å²) in [7, 11) is 0. The van der Waals surface area contributed by atoms with Crippen LogP contribution in [0.1, 0.15) is 11.4 Å². The first kappa shape index (κ1) is 10.2. The zero-order valence-electron chi connectivity index (χ0n) is 8.31. The Morgan fingerprint density at radius 1 is 1.47 bits per heavy atom. The summed E-state index contributed by atoms with van der Waals surface area (Å²) in [5.41, 5.74) is 7.60. The first-order chi connectivity index (χ1) is 7.15. The van der Waals surface area contributed by atoms with Gasteiger partial charge in [-0.15, -0.1) is 0 Å². The van der Waals surface area contributed by atoms with E-state index in [1.807, 2.05) is 29.8 Å². The molecule has 0 saturated heterocycles. The molecular formula is C10H11BrN4. The lowest BCUT2D eigenvalue weighted by molar-refractivity contribution is 0.655. The van der Waals surface area contributed by atoms with Gasteiger partial charge in [0.1, 0.15) is 5.82 Å². The molecule has 0 aliphatic rings. The molecule has 78 valence electrons. The maximum Gasteiger partial charge on any atom is 0.145 e. The van der Waals surface area contributed by atoms with Crippen molar-refractivity contribution in [3.05, 3.63) is 40.3 Å². The summed E-state index contributed by atoms with van der Waals surface area (Å²) in [5.74, 6) is 0.546. The lowest BCUT2D eigenvalue weighted by atomic mass is 10.3. The number of nitrogens with zero attached hydrogens (tertiary/aromatic N) is 3. The molecule has 2 N–H and O–H groups in total. The Kier molecular flexibility index (Phi) is 2.73. The summed E-state index contributed by atoms with van der Waals surface area (Å²) in [6, 6.07) is 5.77. The highest BCUT2D eigenvalue weighted by molar-refractivity contribution is 9.10. The molecular weight excluding hydrogens is 256 g/mol. The van der Waals surface area contributed by atoms with Gasteiger partial charge in [-0.2, -0.15) is 5.10 Å². The number of nitrogen functional groups attached to an aromatic ring is 1. The molecule has 0 radical (unpaired) electrons. The molecule has 0 amide bonds. The molecule has 0 spiro atoms. The summed E-state index contributed by atoms with van der Waals surface area (Å²) in [4.78, 5) is 4.28. The maximum absolute atomic E-state index is 5.60. The number of aryl methyl sites for hydroxylation is 1. The second-order valence-corrected chi connectivity index (χ2v) is 4.25. The third-order valence-corrected chi connectivity index (χ3v) is 2.57. The molecule has 0 aliphatic carbocycles. The van der Waals surface area contributed by atoms with Gasteiger partial charge >= 0.3 is 0 Å². The van der Waals surface area contributed by atoms with E-state index in [1.165, 1.54) is 0 Å². The van der Waals surface area contributed by atoms with E-state index in [-0.39, 0.29) is 0 Å². The van der Waals surface area contributed by atoms with Crippen molar-refractivity contribution in [1.29, 1.82) is 0 Å². The van der Waals surface area contributed by atoms with Crippen LogP contribution in [0.2, 0.25) is 0 Å². The van der Waals surface area contributed by atoms with Gasteiger partial charge in [-0.1, -0.05) is 0 Å². The van der Waals surface area contributed by atoms with Crippen molar-refractivity contribution in [2.75, 3.05) is 5.73 Å². The van der Waals surface area contributed by atoms with Gasteiger partial charge in [-0.25, -0.2) is 0 Å². The second kappa shape index (κ2) is 4.02. The van der Waals surface area contributed by atoms with Crippen molar-refractivity contribution in [1.82, 2.24) is 14.8 Å². The summed E-state index contributed by atoms with van der Waals surface area (Å²) in [6.45, 7) is 2.62. The van der Waals surface area contributed by atoms with Crippen LogP contribution in [0.3, 0.4) is 0 Å². The normalized spacial score (nSPS) is 10.5. The zero-order valence-corrected chi connectivity index (χ0v) is 9.90. The topological polar surface area (TPSA) is 56.7 Å². The van der Waals surface area contributed by atoms with Gasteiger partial charge in [0.25, 0.3) is 0 Å². The summed E-state index contributed by atoms with van der Waals surface area (Å²) < 4.78 is 2.81. The Bertz CT molecular complexity index is 461. The molecule has 15 heavy (non-hydrogen) atoms. The molecule has 2 aromatic heterocycles. The van der Waals surface area contributed by atoms with E-state index in [4.69, 9.17) is 5.73 Å². The highest BCUT2D eigenvalue weighted by Crippen LogP contribution is 2.10. The molecule has 0 saturated carbocycles. The quantitative estimate of drug-likeness (QED) is 0.905. The van der Waals surface area contributed by atoms with Crippen LogP contribution in [0.25, 0.3) is 0 Å². The van der Waals surface area contributed by atoms with E-state index in [9.17, 15) is 0 Å². The fourth-order valence-electron chi connectivity index (χ4n) is 1.35. The van der Waals surface area contributed by atoms with Crippen molar-refractivity contribution in [2.24, 2.45) is 0 Å². The summed E-state index contributed by atoms with van der Waals surface area (Å²) >= 11 is 3.34. The van der Waals surface area contributed by atoms with Gasteiger partial charge in [-0.05, 0) is 35.0 Å². The number of aromatic nitrogens is 3. The SMILES string of the molecule is Cc1cc(N)nn1Cc1ccc(Br)cn1. The average molecular weight is 267 g/mol. The molecule has 0 unspecified atom stereocenters. The van der Waals surface area contributed by atoms with E-state index in [1.54, 1.807) is 6.20 Å². The Hall–Kier alpha value is -1.36. The smallest absolute Gasteiger partial charge is 0.145 e. The van der Waals surface area contributed by atoms with E-state index < -0.39 is 0 Å².